The Balaban J connectivity index is 3.03. The van der Waals surface area contributed by atoms with Gasteiger partial charge in [-0.15, -0.1) is 0 Å². The van der Waals surface area contributed by atoms with E-state index >= 15 is 0 Å². The second-order valence-corrected chi connectivity index (χ2v) is 3.51. The summed E-state index contributed by atoms with van der Waals surface area (Å²) in [5.41, 5.74) is 0. The van der Waals surface area contributed by atoms with Crippen LogP contribution < -0.4 is 5.32 Å². The maximum absolute atomic E-state index is 8.60. The van der Waals surface area contributed by atoms with Crippen molar-refractivity contribution in [3.8, 4) is 0 Å². The molecule has 3 heteroatoms. The highest BCUT2D eigenvalue weighted by atomic mass is 16.3. The second-order valence-electron chi connectivity index (χ2n) is 3.51. The van der Waals surface area contributed by atoms with Crippen LogP contribution in [0.15, 0.2) is 0 Å². The summed E-state index contributed by atoms with van der Waals surface area (Å²) >= 11 is 0. The number of aliphatic hydroxyl groups is 2. The van der Waals surface area contributed by atoms with Crippen molar-refractivity contribution in [3.05, 3.63) is 0 Å². The second kappa shape index (κ2) is 9.96. The number of hydrogen-bond donors (Lipinski definition) is 3. The van der Waals surface area contributed by atoms with Crippen molar-refractivity contribution >= 4 is 0 Å². The summed E-state index contributed by atoms with van der Waals surface area (Å²) in [6.07, 6.45) is 5.05. The molecule has 0 fully saturated rings. The first-order valence-corrected chi connectivity index (χ1v) is 5.26. The van der Waals surface area contributed by atoms with Crippen LogP contribution in [0.1, 0.15) is 39.0 Å². The summed E-state index contributed by atoms with van der Waals surface area (Å²) < 4.78 is 0. The van der Waals surface area contributed by atoms with Crippen LogP contribution in [-0.2, 0) is 0 Å². The van der Waals surface area contributed by atoms with Crippen LogP contribution in [-0.4, -0.2) is 36.0 Å². The summed E-state index contributed by atoms with van der Waals surface area (Å²) in [6, 6.07) is 0.501. The fourth-order valence-electron chi connectivity index (χ4n) is 1.26. The highest BCUT2D eigenvalue weighted by Gasteiger charge is 1.98. The zero-order valence-corrected chi connectivity index (χ0v) is 8.63. The molecule has 0 aliphatic rings. The van der Waals surface area contributed by atoms with Gasteiger partial charge in [0.25, 0.3) is 0 Å². The van der Waals surface area contributed by atoms with Crippen LogP contribution in [0.25, 0.3) is 0 Å². The van der Waals surface area contributed by atoms with E-state index < -0.39 is 0 Å². The molecule has 80 valence electrons. The number of nitrogens with one attached hydrogen (secondary N) is 1. The summed E-state index contributed by atoms with van der Waals surface area (Å²) in [4.78, 5) is 0. The van der Waals surface area contributed by atoms with Gasteiger partial charge in [0.15, 0.2) is 0 Å². The predicted molar refractivity (Wildman–Crippen MR) is 54.7 cm³/mol. The third kappa shape index (κ3) is 9.80. The van der Waals surface area contributed by atoms with E-state index in [-0.39, 0.29) is 6.61 Å². The van der Waals surface area contributed by atoms with E-state index in [1.54, 1.807) is 0 Å². The smallest absolute Gasteiger partial charge is 0.0431 e. The van der Waals surface area contributed by atoms with Gasteiger partial charge < -0.3 is 15.5 Å². The SMILES string of the molecule is CC(CCCO)NCCCCCO. The van der Waals surface area contributed by atoms with E-state index in [1.165, 1.54) is 0 Å². The Bertz CT molecular complexity index is 98.9. The van der Waals surface area contributed by atoms with Crippen molar-refractivity contribution in [2.75, 3.05) is 19.8 Å². The molecular weight excluding hydrogens is 166 g/mol. The molecule has 0 aliphatic heterocycles. The number of rotatable bonds is 9. The van der Waals surface area contributed by atoms with Gasteiger partial charge in [-0.3, -0.25) is 0 Å². The maximum Gasteiger partial charge on any atom is 0.0431 e. The monoisotopic (exact) mass is 189 g/mol. The third-order valence-corrected chi connectivity index (χ3v) is 2.12. The molecule has 0 amide bonds. The van der Waals surface area contributed by atoms with Gasteiger partial charge in [0, 0.05) is 19.3 Å². The molecule has 0 heterocycles. The standard InChI is InChI=1S/C10H23NO2/c1-10(6-5-9-13)11-7-3-2-4-8-12/h10-13H,2-9H2,1H3. The van der Waals surface area contributed by atoms with Gasteiger partial charge in [0.1, 0.15) is 0 Å². The lowest BCUT2D eigenvalue weighted by molar-refractivity contribution is 0.274. The first kappa shape index (κ1) is 12.9. The van der Waals surface area contributed by atoms with E-state index in [0.717, 1.165) is 38.6 Å². The first-order chi connectivity index (χ1) is 6.31. The van der Waals surface area contributed by atoms with Crippen molar-refractivity contribution in [1.82, 2.24) is 5.32 Å². The van der Waals surface area contributed by atoms with E-state index in [1.807, 2.05) is 0 Å². The van der Waals surface area contributed by atoms with Gasteiger partial charge in [-0.05, 0) is 45.6 Å². The van der Waals surface area contributed by atoms with E-state index in [2.05, 4.69) is 12.2 Å². The summed E-state index contributed by atoms with van der Waals surface area (Å²) in [6.45, 7) is 3.75. The zero-order chi connectivity index (χ0) is 9.94. The largest absolute Gasteiger partial charge is 0.396 e. The Morgan fingerprint density at radius 3 is 2.31 bits per heavy atom. The van der Waals surface area contributed by atoms with Gasteiger partial charge in [0.05, 0.1) is 0 Å². The lowest BCUT2D eigenvalue weighted by Gasteiger charge is -2.12. The average molecular weight is 189 g/mol. The van der Waals surface area contributed by atoms with Crippen molar-refractivity contribution in [2.24, 2.45) is 0 Å². The van der Waals surface area contributed by atoms with Crippen LogP contribution >= 0.6 is 0 Å². The number of aliphatic hydroxyl groups excluding tert-OH is 2. The topological polar surface area (TPSA) is 52.5 Å². The molecule has 0 aromatic carbocycles. The lowest BCUT2D eigenvalue weighted by atomic mass is 10.2. The molecule has 0 bridgehead atoms. The molecule has 0 aliphatic carbocycles. The normalized spacial score (nSPS) is 13.2. The minimum Gasteiger partial charge on any atom is -0.396 e. The Morgan fingerprint density at radius 1 is 1.00 bits per heavy atom. The summed E-state index contributed by atoms with van der Waals surface area (Å²) in [7, 11) is 0. The molecule has 0 saturated heterocycles. The number of hydrogen-bond acceptors (Lipinski definition) is 3. The molecule has 0 rings (SSSR count). The van der Waals surface area contributed by atoms with Crippen LogP contribution in [0.2, 0.25) is 0 Å². The van der Waals surface area contributed by atoms with Crippen LogP contribution in [0.3, 0.4) is 0 Å². The lowest BCUT2D eigenvalue weighted by Crippen LogP contribution is -2.27. The molecular formula is C10H23NO2. The van der Waals surface area contributed by atoms with Crippen molar-refractivity contribution < 1.29 is 10.2 Å². The van der Waals surface area contributed by atoms with Gasteiger partial charge in [-0.2, -0.15) is 0 Å². The first-order valence-electron chi connectivity index (χ1n) is 5.26. The minimum atomic E-state index is 0.288. The van der Waals surface area contributed by atoms with Crippen molar-refractivity contribution in [3.63, 3.8) is 0 Å². The molecule has 1 atom stereocenters. The highest BCUT2D eigenvalue weighted by Crippen LogP contribution is 1.97. The fourth-order valence-corrected chi connectivity index (χ4v) is 1.26. The fraction of sp³-hybridized carbons (Fsp3) is 1.00. The molecule has 0 spiro atoms. The molecule has 0 radical (unpaired) electrons. The van der Waals surface area contributed by atoms with Gasteiger partial charge >= 0.3 is 0 Å². The van der Waals surface area contributed by atoms with Gasteiger partial charge in [0.2, 0.25) is 0 Å². The van der Waals surface area contributed by atoms with Crippen LogP contribution in [0.5, 0.6) is 0 Å². The molecule has 0 aromatic heterocycles. The van der Waals surface area contributed by atoms with E-state index in [9.17, 15) is 0 Å². The Hall–Kier alpha value is -0.120. The molecule has 1 unspecified atom stereocenters. The average Bonchev–Trinajstić information content (AvgIpc) is 2.14. The molecule has 3 N–H and O–H groups in total. The molecule has 13 heavy (non-hydrogen) atoms. The Kier molecular flexibility index (Phi) is 9.87. The molecule has 3 nitrogen and oxygen atoms in total. The number of unbranched alkanes of at least 4 members (excludes halogenated alkanes) is 2. The Labute approximate surface area is 81.2 Å². The van der Waals surface area contributed by atoms with Crippen LogP contribution in [0, 0.1) is 0 Å². The predicted octanol–water partition coefficient (Wildman–Crippen LogP) is 0.900. The zero-order valence-electron chi connectivity index (χ0n) is 8.63. The minimum absolute atomic E-state index is 0.288. The molecule has 0 saturated carbocycles. The van der Waals surface area contributed by atoms with Crippen molar-refractivity contribution in [2.45, 2.75) is 45.1 Å². The summed E-state index contributed by atoms with van der Waals surface area (Å²) in [5, 5.41) is 20.5. The van der Waals surface area contributed by atoms with Crippen LogP contribution in [0.4, 0.5) is 0 Å². The van der Waals surface area contributed by atoms with Crippen molar-refractivity contribution in [1.29, 1.82) is 0 Å². The van der Waals surface area contributed by atoms with Gasteiger partial charge in [-0.25, -0.2) is 0 Å². The highest BCUT2D eigenvalue weighted by molar-refractivity contribution is 4.60. The quantitative estimate of drug-likeness (QED) is 0.472. The maximum atomic E-state index is 8.60. The van der Waals surface area contributed by atoms with E-state index in [0.29, 0.717) is 12.6 Å². The Morgan fingerprint density at radius 2 is 1.69 bits per heavy atom. The molecule has 0 aromatic rings. The van der Waals surface area contributed by atoms with Gasteiger partial charge in [-0.1, -0.05) is 0 Å². The summed E-state index contributed by atoms with van der Waals surface area (Å²) in [5.74, 6) is 0. The third-order valence-electron chi connectivity index (χ3n) is 2.12. The van der Waals surface area contributed by atoms with E-state index in [4.69, 9.17) is 10.2 Å².